The van der Waals surface area contributed by atoms with E-state index in [0.29, 0.717) is 5.92 Å². The molecule has 0 aliphatic carbocycles. The summed E-state index contributed by atoms with van der Waals surface area (Å²) in [6.07, 6.45) is 4.95. The van der Waals surface area contributed by atoms with Crippen LogP contribution in [0.4, 0.5) is 0 Å². The van der Waals surface area contributed by atoms with E-state index in [2.05, 4.69) is 58.5 Å². The lowest BCUT2D eigenvalue weighted by molar-refractivity contribution is 0.474. The Bertz CT molecular complexity index is 699. The van der Waals surface area contributed by atoms with Crippen molar-refractivity contribution < 1.29 is 0 Å². The molecule has 1 N–H and O–H groups in total. The summed E-state index contributed by atoms with van der Waals surface area (Å²) in [4.78, 5) is 10.9. The predicted octanol–water partition coefficient (Wildman–Crippen LogP) is 2.50. The monoisotopic (exact) mass is 342 g/mol. The van der Waals surface area contributed by atoms with Gasteiger partial charge in [-0.1, -0.05) is 19.9 Å². The third-order valence-corrected chi connectivity index (χ3v) is 4.13. The summed E-state index contributed by atoms with van der Waals surface area (Å²) < 4.78 is 1.89. The van der Waals surface area contributed by atoms with E-state index in [1.807, 2.05) is 38.0 Å². The molecule has 0 amide bonds. The van der Waals surface area contributed by atoms with Crippen molar-refractivity contribution in [2.75, 3.05) is 20.6 Å². The van der Waals surface area contributed by atoms with E-state index in [1.165, 1.54) is 11.1 Å². The van der Waals surface area contributed by atoms with Gasteiger partial charge in [0.25, 0.3) is 0 Å². The Labute approximate surface area is 151 Å². The van der Waals surface area contributed by atoms with E-state index in [4.69, 9.17) is 0 Å². The Morgan fingerprint density at radius 3 is 2.72 bits per heavy atom. The van der Waals surface area contributed by atoms with Crippen LogP contribution < -0.4 is 5.32 Å². The molecule has 0 unspecified atom stereocenters. The van der Waals surface area contributed by atoms with E-state index in [9.17, 15) is 0 Å². The second kappa shape index (κ2) is 8.65. The lowest BCUT2D eigenvalue weighted by Crippen LogP contribution is -2.39. The number of aromatic nitrogens is 3. The molecule has 2 rings (SSSR count). The molecule has 6 heteroatoms. The van der Waals surface area contributed by atoms with Crippen molar-refractivity contribution >= 4 is 5.96 Å². The molecule has 0 aliphatic heterocycles. The van der Waals surface area contributed by atoms with Crippen LogP contribution in [-0.2, 0) is 20.0 Å². The zero-order chi connectivity index (χ0) is 18.4. The minimum absolute atomic E-state index is 0.411. The van der Waals surface area contributed by atoms with Crippen LogP contribution in [0.5, 0.6) is 0 Å². The maximum atomic E-state index is 4.58. The number of aliphatic imine (C=N–C) groups is 1. The van der Waals surface area contributed by atoms with E-state index in [0.717, 1.165) is 36.9 Å². The Morgan fingerprint density at radius 1 is 1.36 bits per heavy atom. The first-order valence-electron chi connectivity index (χ1n) is 8.76. The first-order valence-corrected chi connectivity index (χ1v) is 8.76. The Kier molecular flexibility index (Phi) is 6.56. The molecule has 0 spiro atoms. The van der Waals surface area contributed by atoms with Crippen LogP contribution in [0.25, 0.3) is 0 Å². The van der Waals surface area contributed by atoms with Gasteiger partial charge in [0.15, 0.2) is 5.96 Å². The molecule has 2 aromatic rings. The molecule has 0 fully saturated rings. The topological polar surface area (TPSA) is 58.3 Å². The van der Waals surface area contributed by atoms with Crippen molar-refractivity contribution in [1.29, 1.82) is 0 Å². The van der Waals surface area contributed by atoms with Gasteiger partial charge in [-0.3, -0.25) is 14.7 Å². The smallest absolute Gasteiger partial charge is 0.193 e. The van der Waals surface area contributed by atoms with E-state index >= 15 is 0 Å². The molecule has 0 aliphatic rings. The summed E-state index contributed by atoms with van der Waals surface area (Å²) in [6, 6.07) is 4.17. The van der Waals surface area contributed by atoms with Crippen molar-refractivity contribution in [3.63, 3.8) is 0 Å². The van der Waals surface area contributed by atoms with Gasteiger partial charge in [-0.2, -0.15) is 5.10 Å². The summed E-state index contributed by atoms with van der Waals surface area (Å²) in [6.45, 7) is 7.96. The quantitative estimate of drug-likeness (QED) is 0.647. The molecule has 0 saturated heterocycles. The molecule has 0 aromatic carbocycles. The lowest BCUT2D eigenvalue weighted by atomic mass is 10.1. The van der Waals surface area contributed by atoms with Crippen molar-refractivity contribution in [1.82, 2.24) is 25.0 Å². The molecule has 2 aromatic heterocycles. The highest BCUT2D eigenvalue weighted by Crippen LogP contribution is 2.18. The SMILES string of the molecule is CN=C(NCCc1ccc(C)nc1)N(C)Cc1cn(C)nc1C(C)C. The number of rotatable bonds is 6. The van der Waals surface area contributed by atoms with Crippen LogP contribution in [0.1, 0.15) is 42.3 Å². The van der Waals surface area contributed by atoms with Crippen LogP contribution in [0, 0.1) is 6.92 Å². The largest absolute Gasteiger partial charge is 0.356 e. The summed E-state index contributed by atoms with van der Waals surface area (Å²) >= 11 is 0. The highest BCUT2D eigenvalue weighted by molar-refractivity contribution is 5.79. The highest BCUT2D eigenvalue weighted by atomic mass is 15.3. The zero-order valence-corrected chi connectivity index (χ0v) is 16.2. The Balaban J connectivity index is 1.92. The van der Waals surface area contributed by atoms with E-state index in [-0.39, 0.29) is 0 Å². The van der Waals surface area contributed by atoms with Crippen LogP contribution in [-0.4, -0.2) is 46.3 Å². The minimum Gasteiger partial charge on any atom is -0.356 e. The zero-order valence-electron chi connectivity index (χ0n) is 16.2. The van der Waals surface area contributed by atoms with Crippen LogP contribution in [0.3, 0.4) is 0 Å². The number of nitrogens with one attached hydrogen (secondary N) is 1. The number of hydrogen-bond acceptors (Lipinski definition) is 3. The molecular formula is C19H30N6. The Hall–Kier alpha value is -2.37. The van der Waals surface area contributed by atoms with Crippen molar-refractivity contribution in [2.45, 2.75) is 39.7 Å². The summed E-state index contributed by atoms with van der Waals surface area (Å²) in [5.41, 5.74) is 4.66. The second-order valence-corrected chi connectivity index (χ2v) is 6.76. The number of nitrogens with zero attached hydrogens (tertiary/aromatic N) is 5. The van der Waals surface area contributed by atoms with Gasteiger partial charge in [0.05, 0.1) is 5.69 Å². The van der Waals surface area contributed by atoms with Crippen molar-refractivity contribution in [2.24, 2.45) is 12.0 Å². The number of aryl methyl sites for hydroxylation is 2. The molecular weight excluding hydrogens is 312 g/mol. The van der Waals surface area contributed by atoms with Gasteiger partial charge in [0.1, 0.15) is 0 Å². The average Bonchev–Trinajstić information content (AvgIpc) is 2.94. The summed E-state index contributed by atoms with van der Waals surface area (Å²) in [7, 11) is 5.84. The van der Waals surface area contributed by atoms with Crippen molar-refractivity contribution in [3.05, 3.63) is 47.0 Å². The molecule has 2 heterocycles. The molecule has 6 nitrogen and oxygen atoms in total. The predicted molar refractivity (Wildman–Crippen MR) is 103 cm³/mol. The number of hydrogen-bond donors (Lipinski definition) is 1. The van der Waals surface area contributed by atoms with Gasteiger partial charge in [0.2, 0.25) is 0 Å². The van der Waals surface area contributed by atoms with Gasteiger partial charge in [0, 0.05) is 57.9 Å². The summed E-state index contributed by atoms with van der Waals surface area (Å²) in [5, 5.41) is 8.01. The van der Waals surface area contributed by atoms with E-state index < -0.39 is 0 Å². The van der Waals surface area contributed by atoms with Crippen molar-refractivity contribution in [3.8, 4) is 0 Å². The van der Waals surface area contributed by atoms with Gasteiger partial charge in [-0.15, -0.1) is 0 Å². The second-order valence-electron chi connectivity index (χ2n) is 6.76. The lowest BCUT2D eigenvalue weighted by Gasteiger charge is -2.22. The molecule has 0 radical (unpaired) electrons. The molecule has 136 valence electrons. The van der Waals surface area contributed by atoms with Gasteiger partial charge < -0.3 is 10.2 Å². The molecule has 25 heavy (non-hydrogen) atoms. The summed E-state index contributed by atoms with van der Waals surface area (Å²) in [5.74, 6) is 1.30. The fourth-order valence-corrected chi connectivity index (χ4v) is 2.84. The third kappa shape index (κ3) is 5.31. The normalized spacial score (nSPS) is 11.9. The minimum atomic E-state index is 0.411. The number of guanidine groups is 1. The first kappa shape index (κ1) is 19.0. The molecule has 0 bridgehead atoms. The van der Waals surface area contributed by atoms with Gasteiger partial charge >= 0.3 is 0 Å². The van der Waals surface area contributed by atoms with Crippen LogP contribution in [0.15, 0.2) is 29.5 Å². The maximum Gasteiger partial charge on any atom is 0.193 e. The van der Waals surface area contributed by atoms with Crippen LogP contribution in [0.2, 0.25) is 0 Å². The first-order chi connectivity index (χ1) is 11.9. The maximum absolute atomic E-state index is 4.58. The molecule has 0 atom stereocenters. The van der Waals surface area contributed by atoms with Crippen LogP contribution >= 0.6 is 0 Å². The molecule has 0 saturated carbocycles. The van der Waals surface area contributed by atoms with Gasteiger partial charge in [-0.05, 0) is 30.9 Å². The standard InChI is InChI=1S/C19H30N6/c1-14(2)18-17(13-25(6)23-18)12-24(5)19(20-4)21-10-9-16-8-7-15(3)22-11-16/h7-8,11,13-14H,9-10,12H2,1-6H3,(H,20,21). The van der Waals surface area contributed by atoms with Gasteiger partial charge in [-0.25, -0.2) is 0 Å². The average molecular weight is 342 g/mol. The third-order valence-electron chi connectivity index (χ3n) is 4.13. The fourth-order valence-electron chi connectivity index (χ4n) is 2.84. The highest BCUT2D eigenvalue weighted by Gasteiger charge is 2.14. The fraction of sp³-hybridized carbons (Fsp3) is 0.526. The van der Waals surface area contributed by atoms with E-state index in [1.54, 1.807) is 0 Å². The number of pyridine rings is 1. The Morgan fingerprint density at radius 2 is 2.12 bits per heavy atom.